The Morgan fingerprint density at radius 2 is 1.85 bits per heavy atom. The molecule has 5 heteroatoms. The molecule has 0 aliphatic rings. The zero-order valence-corrected chi connectivity index (χ0v) is 16.4. The second-order valence-electron chi connectivity index (χ2n) is 7.60. The fourth-order valence-electron chi connectivity index (χ4n) is 2.59. The number of carbonyl (C=O) groups excluding carboxylic acids is 1. The van der Waals surface area contributed by atoms with Crippen LogP contribution >= 0.6 is 0 Å². The predicted octanol–water partition coefficient (Wildman–Crippen LogP) is 4.53. The molecule has 142 valence electrons. The molecule has 0 atom stereocenters. The van der Waals surface area contributed by atoms with Gasteiger partial charge in [-0.05, 0) is 35.6 Å². The highest BCUT2D eigenvalue weighted by Crippen LogP contribution is 2.24. The molecule has 1 aromatic heterocycles. The van der Waals surface area contributed by atoms with Crippen LogP contribution in [0, 0.1) is 0 Å². The average molecular weight is 357 g/mol. The van der Waals surface area contributed by atoms with E-state index in [-0.39, 0.29) is 18.1 Å². The van der Waals surface area contributed by atoms with Crippen molar-refractivity contribution in [3.63, 3.8) is 0 Å². The van der Waals surface area contributed by atoms with Gasteiger partial charge in [0, 0.05) is 12.7 Å². The standard InChI is InChI=1S/C21H31N3O2/c1-5-6-7-8-14-22-20(25)19-13-15-24(23-19)16-26-18-11-9-17(10-12-18)21(2,3)4/h9-13,15H,5-8,14,16H2,1-4H3,(H,22,25). The van der Waals surface area contributed by atoms with Gasteiger partial charge in [-0.3, -0.25) is 4.79 Å². The second kappa shape index (κ2) is 9.41. The largest absolute Gasteiger partial charge is 0.471 e. The van der Waals surface area contributed by atoms with Crippen molar-refractivity contribution in [3.8, 4) is 5.75 Å². The van der Waals surface area contributed by atoms with Crippen molar-refractivity contribution < 1.29 is 9.53 Å². The molecular weight excluding hydrogens is 326 g/mol. The molecule has 2 aromatic rings. The number of ether oxygens (including phenoxy) is 1. The highest BCUT2D eigenvalue weighted by Gasteiger charge is 2.13. The van der Waals surface area contributed by atoms with E-state index in [1.165, 1.54) is 18.4 Å². The number of nitrogens with zero attached hydrogens (tertiary/aromatic N) is 2. The van der Waals surface area contributed by atoms with Crippen LogP contribution in [0.15, 0.2) is 36.5 Å². The maximum Gasteiger partial charge on any atom is 0.271 e. The molecule has 0 spiro atoms. The summed E-state index contributed by atoms with van der Waals surface area (Å²) < 4.78 is 7.38. The number of rotatable bonds is 9. The first-order valence-corrected chi connectivity index (χ1v) is 9.45. The maximum absolute atomic E-state index is 12.1. The van der Waals surface area contributed by atoms with E-state index in [1.807, 2.05) is 12.1 Å². The molecule has 26 heavy (non-hydrogen) atoms. The number of carbonyl (C=O) groups is 1. The first-order valence-electron chi connectivity index (χ1n) is 9.45. The topological polar surface area (TPSA) is 56.2 Å². The SMILES string of the molecule is CCCCCCNC(=O)c1ccn(COc2ccc(C(C)(C)C)cc2)n1. The number of amides is 1. The van der Waals surface area contributed by atoms with Gasteiger partial charge in [0.1, 0.15) is 11.4 Å². The van der Waals surface area contributed by atoms with Crippen molar-refractivity contribution in [2.45, 2.75) is 65.5 Å². The van der Waals surface area contributed by atoms with Gasteiger partial charge in [-0.15, -0.1) is 0 Å². The molecule has 5 nitrogen and oxygen atoms in total. The second-order valence-corrected chi connectivity index (χ2v) is 7.60. The minimum Gasteiger partial charge on any atom is -0.471 e. The minimum absolute atomic E-state index is 0.124. The van der Waals surface area contributed by atoms with Crippen molar-refractivity contribution in [3.05, 3.63) is 47.8 Å². The normalized spacial score (nSPS) is 11.4. The van der Waals surface area contributed by atoms with Crippen LogP contribution < -0.4 is 10.1 Å². The molecule has 0 aliphatic carbocycles. The quantitative estimate of drug-likeness (QED) is 0.671. The molecule has 0 saturated carbocycles. The van der Waals surface area contributed by atoms with Crippen LogP contribution in [-0.4, -0.2) is 22.2 Å². The molecule has 0 saturated heterocycles. The van der Waals surface area contributed by atoms with Gasteiger partial charge in [0.2, 0.25) is 0 Å². The number of hydrogen-bond acceptors (Lipinski definition) is 3. The Balaban J connectivity index is 1.80. The molecule has 1 aromatic carbocycles. The lowest BCUT2D eigenvalue weighted by Crippen LogP contribution is -2.25. The van der Waals surface area contributed by atoms with Crippen molar-refractivity contribution in [2.24, 2.45) is 0 Å². The summed E-state index contributed by atoms with van der Waals surface area (Å²) in [5, 5.41) is 7.19. The lowest BCUT2D eigenvalue weighted by Gasteiger charge is -2.19. The summed E-state index contributed by atoms with van der Waals surface area (Å²) in [6.07, 6.45) is 6.31. The van der Waals surface area contributed by atoms with Gasteiger partial charge in [0.05, 0.1) is 0 Å². The Hall–Kier alpha value is -2.30. The van der Waals surface area contributed by atoms with Gasteiger partial charge in [0.25, 0.3) is 5.91 Å². The first-order chi connectivity index (χ1) is 12.4. The molecule has 0 unspecified atom stereocenters. The van der Waals surface area contributed by atoms with Crippen molar-refractivity contribution in [2.75, 3.05) is 6.54 Å². The van der Waals surface area contributed by atoms with E-state index in [4.69, 9.17) is 4.74 Å². The highest BCUT2D eigenvalue weighted by molar-refractivity contribution is 5.92. The summed E-state index contributed by atoms with van der Waals surface area (Å²) >= 11 is 0. The summed E-state index contributed by atoms with van der Waals surface area (Å²) in [5.74, 6) is 0.658. The third-order valence-corrected chi connectivity index (χ3v) is 4.27. The average Bonchev–Trinajstić information content (AvgIpc) is 3.08. The van der Waals surface area contributed by atoms with Gasteiger partial charge in [-0.25, -0.2) is 4.68 Å². The Kier molecular flexibility index (Phi) is 7.25. The molecule has 2 rings (SSSR count). The molecule has 1 N–H and O–H groups in total. The Morgan fingerprint density at radius 1 is 1.12 bits per heavy atom. The van der Waals surface area contributed by atoms with E-state index in [9.17, 15) is 4.79 Å². The third kappa shape index (κ3) is 6.21. The monoisotopic (exact) mass is 357 g/mol. The maximum atomic E-state index is 12.1. The van der Waals surface area contributed by atoms with Gasteiger partial charge in [-0.2, -0.15) is 5.10 Å². The molecule has 1 amide bonds. The fourth-order valence-corrected chi connectivity index (χ4v) is 2.59. The van der Waals surface area contributed by atoms with Crippen LogP contribution in [0.5, 0.6) is 5.75 Å². The summed E-state index contributed by atoms with van der Waals surface area (Å²) in [4.78, 5) is 12.1. The highest BCUT2D eigenvalue weighted by atomic mass is 16.5. The number of unbranched alkanes of at least 4 members (excludes halogenated alkanes) is 3. The van der Waals surface area contributed by atoms with Gasteiger partial charge >= 0.3 is 0 Å². The minimum atomic E-state index is -0.130. The predicted molar refractivity (Wildman–Crippen MR) is 104 cm³/mol. The lowest BCUT2D eigenvalue weighted by molar-refractivity contribution is 0.0946. The van der Waals surface area contributed by atoms with E-state index in [0.717, 1.165) is 18.6 Å². The number of hydrogen-bond donors (Lipinski definition) is 1. The van der Waals surface area contributed by atoms with E-state index >= 15 is 0 Å². The Bertz CT molecular complexity index is 684. The van der Waals surface area contributed by atoms with Crippen LogP contribution in [0.3, 0.4) is 0 Å². The third-order valence-electron chi connectivity index (χ3n) is 4.27. The Labute approximate surface area is 156 Å². The van der Waals surface area contributed by atoms with Gasteiger partial charge in [-0.1, -0.05) is 59.1 Å². The summed E-state index contributed by atoms with van der Waals surface area (Å²) in [6.45, 7) is 9.70. The summed E-state index contributed by atoms with van der Waals surface area (Å²) in [6, 6.07) is 9.81. The number of nitrogens with one attached hydrogen (secondary N) is 1. The van der Waals surface area contributed by atoms with Crippen LogP contribution in [0.4, 0.5) is 0 Å². The van der Waals surface area contributed by atoms with Crippen LogP contribution in [-0.2, 0) is 12.1 Å². The fraction of sp³-hybridized carbons (Fsp3) is 0.524. The molecule has 1 heterocycles. The first kappa shape index (κ1) is 20.0. The molecule has 0 fully saturated rings. The van der Waals surface area contributed by atoms with Crippen LogP contribution in [0.1, 0.15) is 69.4 Å². The smallest absolute Gasteiger partial charge is 0.271 e. The molecule has 0 aliphatic heterocycles. The lowest BCUT2D eigenvalue weighted by atomic mass is 9.87. The van der Waals surface area contributed by atoms with Gasteiger partial charge in [0.15, 0.2) is 6.73 Å². The molecule has 0 radical (unpaired) electrons. The van der Waals surface area contributed by atoms with Crippen molar-refractivity contribution in [1.29, 1.82) is 0 Å². The molecule has 0 bridgehead atoms. The van der Waals surface area contributed by atoms with E-state index in [2.05, 4.69) is 50.2 Å². The summed E-state index contributed by atoms with van der Waals surface area (Å²) in [7, 11) is 0. The number of aromatic nitrogens is 2. The zero-order chi connectivity index (χ0) is 19.0. The van der Waals surface area contributed by atoms with E-state index in [0.29, 0.717) is 12.2 Å². The zero-order valence-electron chi connectivity index (χ0n) is 16.4. The van der Waals surface area contributed by atoms with Crippen molar-refractivity contribution in [1.82, 2.24) is 15.1 Å². The van der Waals surface area contributed by atoms with Crippen LogP contribution in [0.25, 0.3) is 0 Å². The van der Waals surface area contributed by atoms with Crippen LogP contribution in [0.2, 0.25) is 0 Å². The van der Waals surface area contributed by atoms with E-state index in [1.54, 1.807) is 16.9 Å². The van der Waals surface area contributed by atoms with Gasteiger partial charge < -0.3 is 10.1 Å². The number of benzene rings is 1. The molecular formula is C21H31N3O2. The van der Waals surface area contributed by atoms with Crippen molar-refractivity contribution >= 4 is 5.91 Å². The summed E-state index contributed by atoms with van der Waals surface area (Å²) in [5.41, 5.74) is 1.81. The Morgan fingerprint density at radius 3 is 2.50 bits per heavy atom. The van der Waals surface area contributed by atoms with E-state index < -0.39 is 0 Å².